The van der Waals surface area contributed by atoms with Gasteiger partial charge >= 0.3 is 5.63 Å². The summed E-state index contributed by atoms with van der Waals surface area (Å²) >= 11 is 4.66. The number of phenolic OH excluding ortho intramolecular Hbond substituents is 1. The van der Waals surface area contributed by atoms with Gasteiger partial charge in [0.2, 0.25) is 5.13 Å². The Morgan fingerprint density at radius 1 is 1.22 bits per heavy atom. The number of halogens is 1. The quantitative estimate of drug-likeness (QED) is 0.269. The molecule has 0 saturated heterocycles. The molecular weight excluding hydrogens is 430 g/mol. The summed E-state index contributed by atoms with van der Waals surface area (Å²) in [6.45, 7) is 0. The Morgan fingerprint density at radius 3 is 2.96 bits per heavy atom. The van der Waals surface area contributed by atoms with E-state index in [0.717, 1.165) is 9.86 Å². The van der Waals surface area contributed by atoms with E-state index in [4.69, 9.17) is 4.42 Å². The SMILES string of the molecule is O=c1oc2ccccc2cc1-c1csc(N/N=C\c2cc(Br)ccc2O)n1. The van der Waals surface area contributed by atoms with Crippen molar-refractivity contribution in [2.75, 3.05) is 5.43 Å². The first-order valence-corrected chi connectivity index (χ1v) is 9.54. The number of thiazole rings is 1. The molecule has 0 aliphatic rings. The molecule has 6 nitrogen and oxygen atoms in total. The average molecular weight is 442 g/mol. The van der Waals surface area contributed by atoms with Gasteiger partial charge in [0.1, 0.15) is 11.3 Å². The summed E-state index contributed by atoms with van der Waals surface area (Å²) in [7, 11) is 0. The number of nitrogens with zero attached hydrogens (tertiary/aromatic N) is 2. The number of phenols is 1. The Hall–Kier alpha value is -2.97. The lowest BCUT2D eigenvalue weighted by Gasteiger charge is -2.00. The Bertz CT molecular complexity index is 1220. The highest BCUT2D eigenvalue weighted by Crippen LogP contribution is 2.25. The second-order valence-corrected chi connectivity index (χ2v) is 7.37. The summed E-state index contributed by atoms with van der Waals surface area (Å²) < 4.78 is 6.18. The van der Waals surface area contributed by atoms with Crippen LogP contribution in [0.4, 0.5) is 5.13 Å². The van der Waals surface area contributed by atoms with Crippen molar-refractivity contribution in [1.29, 1.82) is 0 Å². The molecule has 4 aromatic rings. The standard InChI is InChI=1S/C19H12BrN3O3S/c20-13-5-6-16(24)12(7-13)9-21-23-19-22-15(10-27-19)14-8-11-3-1-2-4-17(11)26-18(14)25/h1-10,24H,(H,22,23)/b21-9-. The Labute approximate surface area is 165 Å². The van der Waals surface area contributed by atoms with Crippen LogP contribution in [0.2, 0.25) is 0 Å². The number of para-hydroxylation sites is 1. The number of rotatable bonds is 4. The molecule has 0 spiro atoms. The molecule has 0 saturated carbocycles. The van der Waals surface area contributed by atoms with Gasteiger partial charge in [-0.15, -0.1) is 11.3 Å². The molecule has 0 amide bonds. The first-order valence-electron chi connectivity index (χ1n) is 7.86. The molecule has 2 heterocycles. The predicted molar refractivity (Wildman–Crippen MR) is 111 cm³/mol. The van der Waals surface area contributed by atoms with E-state index in [1.807, 2.05) is 18.2 Å². The third kappa shape index (κ3) is 3.76. The normalized spacial score (nSPS) is 11.3. The van der Waals surface area contributed by atoms with Crippen molar-refractivity contribution in [3.05, 3.63) is 74.4 Å². The third-order valence-electron chi connectivity index (χ3n) is 3.77. The lowest BCUT2D eigenvalue weighted by atomic mass is 10.1. The summed E-state index contributed by atoms with van der Waals surface area (Å²) in [6, 6.07) is 14.1. The highest BCUT2D eigenvalue weighted by molar-refractivity contribution is 9.10. The van der Waals surface area contributed by atoms with E-state index in [1.54, 1.807) is 35.7 Å². The predicted octanol–water partition coefficient (Wildman–Crippen LogP) is 4.83. The van der Waals surface area contributed by atoms with Crippen LogP contribution < -0.4 is 11.1 Å². The van der Waals surface area contributed by atoms with Gasteiger partial charge in [0, 0.05) is 20.8 Å². The molecule has 8 heteroatoms. The monoisotopic (exact) mass is 441 g/mol. The fourth-order valence-corrected chi connectivity index (χ4v) is 3.51. The minimum Gasteiger partial charge on any atom is -0.507 e. The lowest BCUT2D eigenvalue weighted by molar-refractivity contribution is 0.474. The van der Waals surface area contributed by atoms with Crippen molar-refractivity contribution in [3.8, 4) is 17.0 Å². The average Bonchev–Trinajstić information content (AvgIpc) is 3.12. The molecule has 0 fully saturated rings. The van der Waals surface area contributed by atoms with Crippen molar-refractivity contribution in [2.24, 2.45) is 5.10 Å². The third-order valence-corrected chi connectivity index (χ3v) is 5.02. The Kier molecular flexibility index (Phi) is 4.74. The molecule has 0 unspecified atom stereocenters. The maximum Gasteiger partial charge on any atom is 0.345 e. The molecule has 0 aliphatic heterocycles. The summed E-state index contributed by atoms with van der Waals surface area (Å²) in [6.07, 6.45) is 1.49. The van der Waals surface area contributed by atoms with Crippen LogP contribution in [0, 0.1) is 0 Å². The second-order valence-electron chi connectivity index (χ2n) is 5.60. The fraction of sp³-hybridized carbons (Fsp3) is 0. The summed E-state index contributed by atoms with van der Waals surface area (Å²) in [4.78, 5) is 16.6. The number of nitrogens with one attached hydrogen (secondary N) is 1. The van der Waals surface area contributed by atoms with Crippen LogP contribution >= 0.6 is 27.3 Å². The van der Waals surface area contributed by atoms with Gasteiger partial charge in [-0.1, -0.05) is 34.1 Å². The van der Waals surface area contributed by atoms with E-state index in [-0.39, 0.29) is 5.75 Å². The van der Waals surface area contributed by atoms with Crippen molar-refractivity contribution in [1.82, 2.24) is 4.98 Å². The van der Waals surface area contributed by atoms with E-state index >= 15 is 0 Å². The molecule has 0 bridgehead atoms. The number of aromatic nitrogens is 1. The summed E-state index contributed by atoms with van der Waals surface area (Å²) in [5, 5.41) is 17.0. The van der Waals surface area contributed by atoms with Gasteiger partial charge in [0.15, 0.2) is 0 Å². The molecule has 0 aliphatic carbocycles. The van der Waals surface area contributed by atoms with Gasteiger partial charge < -0.3 is 9.52 Å². The van der Waals surface area contributed by atoms with Crippen LogP contribution in [0.3, 0.4) is 0 Å². The zero-order valence-electron chi connectivity index (χ0n) is 13.7. The Balaban J connectivity index is 1.57. The highest BCUT2D eigenvalue weighted by atomic mass is 79.9. The number of benzene rings is 2. The maximum absolute atomic E-state index is 12.2. The topological polar surface area (TPSA) is 87.7 Å². The van der Waals surface area contributed by atoms with Gasteiger partial charge in [-0.05, 0) is 30.3 Å². The first kappa shape index (κ1) is 17.4. The molecule has 2 aromatic heterocycles. The molecule has 0 radical (unpaired) electrons. The number of hydrazone groups is 1. The van der Waals surface area contributed by atoms with Crippen LogP contribution in [-0.2, 0) is 0 Å². The van der Waals surface area contributed by atoms with Crippen molar-refractivity contribution >= 4 is 49.6 Å². The molecule has 2 N–H and O–H groups in total. The fourth-order valence-electron chi connectivity index (χ4n) is 2.48. The first-order chi connectivity index (χ1) is 13.1. The zero-order valence-corrected chi connectivity index (χ0v) is 16.1. The van der Waals surface area contributed by atoms with Gasteiger partial charge in [-0.3, -0.25) is 5.43 Å². The van der Waals surface area contributed by atoms with Gasteiger partial charge in [0.05, 0.1) is 17.5 Å². The molecular formula is C19H12BrN3O3S. The Morgan fingerprint density at radius 2 is 2.07 bits per heavy atom. The van der Waals surface area contributed by atoms with E-state index < -0.39 is 5.63 Å². The summed E-state index contributed by atoms with van der Waals surface area (Å²) in [5.74, 6) is 0.123. The molecule has 134 valence electrons. The van der Waals surface area contributed by atoms with Crippen LogP contribution in [0.25, 0.3) is 22.2 Å². The van der Waals surface area contributed by atoms with E-state index in [9.17, 15) is 9.90 Å². The van der Waals surface area contributed by atoms with Crippen LogP contribution in [0.15, 0.2) is 72.7 Å². The summed E-state index contributed by atoms with van der Waals surface area (Å²) in [5.41, 5.74) is 4.38. The zero-order chi connectivity index (χ0) is 18.8. The number of hydrogen-bond donors (Lipinski definition) is 2. The maximum atomic E-state index is 12.2. The second kappa shape index (κ2) is 7.34. The van der Waals surface area contributed by atoms with E-state index in [0.29, 0.717) is 27.5 Å². The van der Waals surface area contributed by atoms with Gasteiger partial charge in [-0.2, -0.15) is 5.10 Å². The lowest BCUT2D eigenvalue weighted by Crippen LogP contribution is -2.02. The van der Waals surface area contributed by atoms with Crippen molar-refractivity contribution in [2.45, 2.75) is 0 Å². The van der Waals surface area contributed by atoms with Gasteiger partial charge in [-0.25, -0.2) is 9.78 Å². The smallest absolute Gasteiger partial charge is 0.345 e. The highest BCUT2D eigenvalue weighted by Gasteiger charge is 2.11. The van der Waals surface area contributed by atoms with Gasteiger partial charge in [0.25, 0.3) is 0 Å². The van der Waals surface area contributed by atoms with E-state index in [1.165, 1.54) is 17.6 Å². The molecule has 2 aromatic carbocycles. The van der Waals surface area contributed by atoms with Crippen molar-refractivity contribution in [3.63, 3.8) is 0 Å². The number of aromatic hydroxyl groups is 1. The van der Waals surface area contributed by atoms with Crippen LogP contribution in [-0.4, -0.2) is 16.3 Å². The number of hydrogen-bond acceptors (Lipinski definition) is 7. The van der Waals surface area contributed by atoms with E-state index in [2.05, 4.69) is 31.4 Å². The molecule has 0 atom stereocenters. The largest absolute Gasteiger partial charge is 0.507 e. The van der Waals surface area contributed by atoms with Crippen LogP contribution in [0.5, 0.6) is 5.75 Å². The van der Waals surface area contributed by atoms with Crippen molar-refractivity contribution < 1.29 is 9.52 Å². The molecule has 4 rings (SSSR count). The molecule has 27 heavy (non-hydrogen) atoms. The minimum atomic E-state index is -0.437. The number of anilines is 1. The number of fused-ring (bicyclic) bond motifs is 1. The minimum absolute atomic E-state index is 0.123. The van der Waals surface area contributed by atoms with Crippen LogP contribution in [0.1, 0.15) is 5.56 Å².